The molecule has 1 rings (SSSR count). The molecule has 0 spiro atoms. The first-order valence-electron chi connectivity index (χ1n) is 6.56. The Morgan fingerprint density at radius 3 is 2.25 bits per heavy atom. The van der Waals surface area contributed by atoms with E-state index in [2.05, 4.69) is 35.2 Å². The summed E-state index contributed by atoms with van der Waals surface area (Å²) in [5.41, 5.74) is 1.86. The molecule has 0 aliphatic carbocycles. The van der Waals surface area contributed by atoms with Crippen LogP contribution in [0.3, 0.4) is 0 Å². The van der Waals surface area contributed by atoms with Crippen LogP contribution in [0.25, 0.3) is 0 Å². The van der Waals surface area contributed by atoms with E-state index in [0.29, 0.717) is 12.6 Å². The summed E-state index contributed by atoms with van der Waals surface area (Å²) in [4.78, 5) is 22.1. The second kappa shape index (κ2) is 9.07. The molecule has 0 radical (unpaired) electrons. The van der Waals surface area contributed by atoms with Gasteiger partial charge >= 0.3 is 5.97 Å². The minimum atomic E-state index is -0.283. The number of hydrogen-bond acceptors (Lipinski definition) is 7. The van der Waals surface area contributed by atoms with Gasteiger partial charge in [0.2, 0.25) is 5.95 Å². The molecule has 112 valence electrons. The number of carbonyl (C=O) groups excluding carboxylic acids is 1. The quantitative estimate of drug-likeness (QED) is 0.561. The SMILES string of the molecule is CCOC(=O)CN(C)c1nc(CCS)cc(CCS)n1. The number of likely N-dealkylation sites (N-methyl/N-ethyl adjacent to an activating group) is 1. The zero-order valence-electron chi connectivity index (χ0n) is 11.9. The van der Waals surface area contributed by atoms with Gasteiger partial charge in [-0.2, -0.15) is 25.3 Å². The average molecular weight is 315 g/mol. The third-order valence-corrected chi connectivity index (χ3v) is 3.02. The van der Waals surface area contributed by atoms with Crippen LogP contribution >= 0.6 is 25.3 Å². The van der Waals surface area contributed by atoms with E-state index < -0.39 is 0 Å². The lowest BCUT2D eigenvalue weighted by Gasteiger charge is -2.17. The predicted molar refractivity (Wildman–Crippen MR) is 87.0 cm³/mol. The van der Waals surface area contributed by atoms with Crippen LogP contribution in [0, 0.1) is 0 Å². The van der Waals surface area contributed by atoms with Gasteiger partial charge in [-0.1, -0.05) is 0 Å². The lowest BCUT2D eigenvalue weighted by Crippen LogP contribution is -2.29. The van der Waals surface area contributed by atoms with Crippen molar-refractivity contribution in [3.63, 3.8) is 0 Å². The maximum Gasteiger partial charge on any atom is 0.325 e. The van der Waals surface area contributed by atoms with Gasteiger partial charge in [-0.15, -0.1) is 0 Å². The maximum absolute atomic E-state index is 11.5. The number of rotatable bonds is 8. The summed E-state index contributed by atoms with van der Waals surface area (Å²) in [7, 11) is 1.78. The Labute approximate surface area is 131 Å². The van der Waals surface area contributed by atoms with E-state index in [4.69, 9.17) is 4.74 Å². The van der Waals surface area contributed by atoms with Crippen molar-refractivity contribution in [2.45, 2.75) is 19.8 Å². The minimum absolute atomic E-state index is 0.137. The Hall–Kier alpha value is -0.950. The Morgan fingerprint density at radius 1 is 1.25 bits per heavy atom. The van der Waals surface area contributed by atoms with Crippen LogP contribution in [0.1, 0.15) is 18.3 Å². The number of esters is 1. The second-order valence-corrected chi connectivity index (χ2v) is 5.15. The molecule has 20 heavy (non-hydrogen) atoms. The third kappa shape index (κ3) is 5.58. The normalized spacial score (nSPS) is 10.4. The predicted octanol–water partition coefficient (Wildman–Crippen LogP) is 1.42. The highest BCUT2D eigenvalue weighted by atomic mass is 32.1. The lowest BCUT2D eigenvalue weighted by molar-refractivity contribution is -0.141. The summed E-state index contributed by atoms with van der Waals surface area (Å²) in [6.07, 6.45) is 1.54. The molecule has 0 saturated carbocycles. The molecule has 0 aliphatic rings. The van der Waals surface area contributed by atoms with Gasteiger partial charge in [-0.25, -0.2) is 9.97 Å². The number of aryl methyl sites for hydroxylation is 2. The van der Waals surface area contributed by atoms with E-state index in [-0.39, 0.29) is 12.5 Å². The molecule has 0 saturated heterocycles. The molecular weight excluding hydrogens is 294 g/mol. The van der Waals surface area contributed by atoms with Gasteiger partial charge in [0.05, 0.1) is 6.61 Å². The summed E-state index contributed by atoms with van der Waals surface area (Å²) >= 11 is 8.45. The fraction of sp³-hybridized carbons (Fsp3) is 0.615. The Morgan fingerprint density at radius 2 is 1.80 bits per heavy atom. The van der Waals surface area contributed by atoms with Gasteiger partial charge in [0.15, 0.2) is 0 Å². The van der Waals surface area contributed by atoms with Crippen LogP contribution in [-0.4, -0.2) is 47.6 Å². The molecule has 1 heterocycles. The molecule has 0 bridgehead atoms. The first-order valence-corrected chi connectivity index (χ1v) is 7.82. The monoisotopic (exact) mass is 315 g/mol. The van der Waals surface area contributed by atoms with Crippen molar-refractivity contribution in [1.29, 1.82) is 0 Å². The molecular formula is C13H21N3O2S2. The highest BCUT2D eigenvalue weighted by molar-refractivity contribution is 7.80. The summed E-state index contributed by atoms with van der Waals surface area (Å²) in [5.74, 6) is 1.69. The summed E-state index contributed by atoms with van der Waals surface area (Å²) in [6.45, 7) is 2.29. The molecule has 0 aliphatic heterocycles. The first kappa shape index (κ1) is 17.1. The molecule has 1 aromatic heterocycles. The Bertz CT molecular complexity index is 419. The van der Waals surface area contributed by atoms with E-state index in [9.17, 15) is 4.79 Å². The van der Waals surface area contributed by atoms with Crippen molar-refractivity contribution < 1.29 is 9.53 Å². The van der Waals surface area contributed by atoms with Gasteiger partial charge < -0.3 is 9.64 Å². The van der Waals surface area contributed by atoms with E-state index in [1.807, 2.05) is 6.07 Å². The van der Waals surface area contributed by atoms with Gasteiger partial charge in [0.1, 0.15) is 6.54 Å². The van der Waals surface area contributed by atoms with Crippen LogP contribution in [0.5, 0.6) is 0 Å². The zero-order valence-corrected chi connectivity index (χ0v) is 13.7. The van der Waals surface area contributed by atoms with Crippen LogP contribution in [0.4, 0.5) is 5.95 Å². The van der Waals surface area contributed by atoms with E-state index in [0.717, 1.165) is 35.7 Å². The number of anilines is 1. The van der Waals surface area contributed by atoms with Crippen molar-refractivity contribution in [3.05, 3.63) is 17.5 Å². The van der Waals surface area contributed by atoms with Crippen molar-refractivity contribution in [2.75, 3.05) is 36.6 Å². The summed E-state index contributed by atoms with van der Waals surface area (Å²) in [5, 5.41) is 0. The number of thiol groups is 2. The average Bonchev–Trinajstić information content (AvgIpc) is 2.39. The zero-order chi connectivity index (χ0) is 15.0. The maximum atomic E-state index is 11.5. The van der Waals surface area contributed by atoms with Crippen LogP contribution in [0.15, 0.2) is 6.07 Å². The number of carbonyl (C=O) groups is 1. The van der Waals surface area contributed by atoms with Crippen LogP contribution < -0.4 is 4.90 Å². The second-order valence-electron chi connectivity index (χ2n) is 4.26. The molecule has 0 amide bonds. The molecule has 5 nitrogen and oxygen atoms in total. The van der Waals surface area contributed by atoms with Crippen LogP contribution in [0.2, 0.25) is 0 Å². The standard InChI is InChI=1S/C13H21N3O2S2/c1-3-18-12(17)9-16(2)13-14-10(4-6-19)8-11(15-13)5-7-20/h8,19-20H,3-7,9H2,1-2H3. The summed E-state index contributed by atoms with van der Waals surface area (Å²) < 4.78 is 4.93. The Balaban J connectivity index is 2.87. The van der Waals surface area contributed by atoms with Crippen molar-refractivity contribution >= 4 is 37.2 Å². The molecule has 0 aromatic carbocycles. The van der Waals surface area contributed by atoms with Crippen molar-refractivity contribution in [2.24, 2.45) is 0 Å². The number of aromatic nitrogens is 2. The third-order valence-electron chi connectivity index (χ3n) is 2.57. The van der Waals surface area contributed by atoms with Gasteiger partial charge in [0, 0.05) is 18.4 Å². The Kier molecular flexibility index (Phi) is 7.76. The highest BCUT2D eigenvalue weighted by Gasteiger charge is 2.12. The number of nitrogens with zero attached hydrogens (tertiary/aromatic N) is 3. The molecule has 0 N–H and O–H groups in total. The fourth-order valence-corrected chi connectivity index (χ4v) is 2.12. The smallest absolute Gasteiger partial charge is 0.325 e. The molecule has 0 atom stereocenters. The topological polar surface area (TPSA) is 55.3 Å². The summed E-state index contributed by atoms with van der Waals surface area (Å²) in [6, 6.07) is 1.97. The molecule has 0 fully saturated rings. The minimum Gasteiger partial charge on any atom is -0.465 e. The van der Waals surface area contributed by atoms with Crippen molar-refractivity contribution in [1.82, 2.24) is 9.97 Å². The fourth-order valence-electron chi connectivity index (χ4n) is 1.67. The van der Waals surface area contributed by atoms with E-state index in [1.54, 1.807) is 18.9 Å². The number of hydrogen-bond donors (Lipinski definition) is 2. The van der Waals surface area contributed by atoms with Gasteiger partial charge in [0.25, 0.3) is 0 Å². The highest BCUT2D eigenvalue weighted by Crippen LogP contribution is 2.11. The first-order chi connectivity index (χ1) is 9.60. The molecule has 1 aromatic rings. The lowest BCUT2D eigenvalue weighted by atomic mass is 10.2. The largest absolute Gasteiger partial charge is 0.465 e. The number of ether oxygens (including phenoxy) is 1. The van der Waals surface area contributed by atoms with E-state index >= 15 is 0 Å². The van der Waals surface area contributed by atoms with Crippen molar-refractivity contribution in [3.8, 4) is 0 Å². The van der Waals surface area contributed by atoms with Gasteiger partial charge in [-0.3, -0.25) is 4.79 Å². The van der Waals surface area contributed by atoms with Gasteiger partial charge in [-0.05, 0) is 37.3 Å². The molecule has 0 unspecified atom stereocenters. The van der Waals surface area contributed by atoms with Crippen LogP contribution in [-0.2, 0) is 22.4 Å². The molecule has 7 heteroatoms. The van der Waals surface area contributed by atoms with E-state index in [1.165, 1.54) is 0 Å².